The molecule has 0 saturated heterocycles. The van der Waals surface area contributed by atoms with Gasteiger partial charge in [0.2, 0.25) is 5.84 Å². The molecule has 17 heavy (non-hydrogen) atoms. The number of nitrogens with two attached hydrogens (primary N) is 1. The predicted octanol–water partition coefficient (Wildman–Crippen LogP) is 0.370. The molecule has 0 amide bonds. The molecule has 0 bridgehead atoms. The number of rotatable bonds is 3. The first-order valence-corrected chi connectivity index (χ1v) is 4.78. The maximum atomic E-state index is 8.63. The number of nitrogens with zero attached hydrogens (tertiary/aromatic N) is 4. The smallest absolute Gasteiger partial charge is 0.206 e. The zero-order chi connectivity index (χ0) is 12.3. The summed E-state index contributed by atoms with van der Waals surface area (Å²) in [6.45, 7) is 0. The van der Waals surface area contributed by atoms with Crippen LogP contribution in [0.15, 0.2) is 35.9 Å². The highest BCUT2D eigenvalue weighted by Crippen LogP contribution is 2.12. The SMILES string of the molecule is COc1ccc(-n2ccnc2/C(N)=N/O)nc1. The van der Waals surface area contributed by atoms with Crippen LogP contribution in [0, 0.1) is 0 Å². The van der Waals surface area contributed by atoms with Gasteiger partial charge in [-0.3, -0.25) is 4.57 Å². The van der Waals surface area contributed by atoms with Crippen LogP contribution in [-0.2, 0) is 0 Å². The second-order valence-corrected chi connectivity index (χ2v) is 3.16. The standard InChI is InChI=1S/C10H11N5O2/c1-17-7-2-3-8(13-6-7)15-5-4-12-10(15)9(11)14-16/h2-6,16H,1H3,(H2,11,14). The van der Waals surface area contributed by atoms with Crippen molar-refractivity contribution < 1.29 is 9.94 Å². The van der Waals surface area contributed by atoms with E-state index in [4.69, 9.17) is 15.7 Å². The molecule has 0 unspecified atom stereocenters. The topological polar surface area (TPSA) is 98.6 Å². The van der Waals surface area contributed by atoms with E-state index < -0.39 is 0 Å². The number of hydrogen-bond acceptors (Lipinski definition) is 5. The van der Waals surface area contributed by atoms with Crippen LogP contribution in [0.2, 0.25) is 0 Å². The summed E-state index contributed by atoms with van der Waals surface area (Å²) in [5.41, 5.74) is 5.50. The van der Waals surface area contributed by atoms with E-state index in [1.54, 1.807) is 42.4 Å². The summed E-state index contributed by atoms with van der Waals surface area (Å²) in [5.74, 6) is 1.50. The van der Waals surface area contributed by atoms with Crippen molar-refractivity contribution in [3.63, 3.8) is 0 Å². The zero-order valence-corrected chi connectivity index (χ0v) is 9.11. The Morgan fingerprint density at radius 3 is 2.88 bits per heavy atom. The Labute approximate surface area is 97.2 Å². The zero-order valence-electron chi connectivity index (χ0n) is 9.11. The molecule has 0 fully saturated rings. The van der Waals surface area contributed by atoms with Gasteiger partial charge in [-0.15, -0.1) is 0 Å². The van der Waals surface area contributed by atoms with Crippen LogP contribution in [0.3, 0.4) is 0 Å². The fourth-order valence-corrected chi connectivity index (χ4v) is 1.36. The Bertz CT molecular complexity index is 532. The van der Waals surface area contributed by atoms with Gasteiger partial charge in [-0.25, -0.2) is 9.97 Å². The number of pyridine rings is 1. The highest BCUT2D eigenvalue weighted by molar-refractivity contribution is 5.94. The molecule has 0 aromatic carbocycles. The van der Waals surface area contributed by atoms with Gasteiger partial charge in [0.15, 0.2) is 5.82 Å². The van der Waals surface area contributed by atoms with Crippen molar-refractivity contribution in [2.24, 2.45) is 10.9 Å². The van der Waals surface area contributed by atoms with Gasteiger partial charge in [0.1, 0.15) is 11.6 Å². The van der Waals surface area contributed by atoms with Crippen LogP contribution < -0.4 is 10.5 Å². The Morgan fingerprint density at radius 2 is 2.29 bits per heavy atom. The van der Waals surface area contributed by atoms with E-state index >= 15 is 0 Å². The molecule has 2 aromatic heterocycles. The highest BCUT2D eigenvalue weighted by Gasteiger charge is 2.10. The summed E-state index contributed by atoms with van der Waals surface area (Å²) in [6.07, 6.45) is 4.78. The fourth-order valence-electron chi connectivity index (χ4n) is 1.36. The lowest BCUT2D eigenvalue weighted by Gasteiger charge is -2.06. The Balaban J connectivity index is 2.42. The largest absolute Gasteiger partial charge is 0.495 e. The van der Waals surface area contributed by atoms with Crippen LogP contribution in [0.25, 0.3) is 5.82 Å². The van der Waals surface area contributed by atoms with Crippen LogP contribution in [0.5, 0.6) is 5.75 Å². The predicted molar refractivity (Wildman–Crippen MR) is 60.4 cm³/mol. The van der Waals surface area contributed by atoms with E-state index in [9.17, 15) is 0 Å². The van der Waals surface area contributed by atoms with Crippen molar-refractivity contribution in [2.45, 2.75) is 0 Å². The number of oxime groups is 1. The summed E-state index contributed by atoms with van der Waals surface area (Å²) in [6, 6.07) is 3.51. The van der Waals surface area contributed by atoms with Gasteiger partial charge in [-0.1, -0.05) is 5.16 Å². The van der Waals surface area contributed by atoms with Crippen molar-refractivity contribution in [1.29, 1.82) is 0 Å². The monoisotopic (exact) mass is 233 g/mol. The van der Waals surface area contributed by atoms with E-state index in [0.717, 1.165) is 0 Å². The molecule has 7 nitrogen and oxygen atoms in total. The van der Waals surface area contributed by atoms with Gasteiger partial charge in [-0.2, -0.15) is 0 Å². The third-order valence-electron chi connectivity index (χ3n) is 2.18. The van der Waals surface area contributed by atoms with E-state index in [1.165, 1.54) is 0 Å². The van der Waals surface area contributed by atoms with Gasteiger partial charge >= 0.3 is 0 Å². The van der Waals surface area contributed by atoms with Crippen LogP contribution >= 0.6 is 0 Å². The first-order chi connectivity index (χ1) is 8.26. The van der Waals surface area contributed by atoms with Crippen LogP contribution in [0.4, 0.5) is 0 Å². The molecule has 2 heterocycles. The summed E-state index contributed by atoms with van der Waals surface area (Å²) >= 11 is 0. The van der Waals surface area contributed by atoms with Gasteiger partial charge in [0.25, 0.3) is 0 Å². The van der Waals surface area contributed by atoms with Crippen LogP contribution in [-0.4, -0.2) is 32.7 Å². The average Bonchev–Trinajstić information content (AvgIpc) is 2.87. The van der Waals surface area contributed by atoms with Crippen molar-refractivity contribution in [3.05, 3.63) is 36.5 Å². The average molecular weight is 233 g/mol. The van der Waals surface area contributed by atoms with E-state index in [0.29, 0.717) is 17.4 Å². The van der Waals surface area contributed by atoms with Crippen molar-refractivity contribution in [2.75, 3.05) is 7.11 Å². The van der Waals surface area contributed by atoms with Crippen LogP contribution in [0.1, 0.15) is 5.82 Å². The highest BCUT2D eigenvalue weighted by atomic mass is 16.5. The second-order valence-electron chi connectivity index (χ2n) is 3.16. The molecule has 0 aliphatic rings. The van der Waals surface area contributed by atoms with E-state index in [2.05, 4.69) is 15.1 Å². The molecule has 7 heteroatoms. The molecule has 0 spiro atoms. The number of ether oxygens (including phenoxy) is 1. The Morgan fingerprint density at radius 1 is 1.47 bits per heavy atom. The van der Waals surface area contributed by atoms with Crippen molar-refractivity contribution in [1.82, 2.24) is 14.5 Å². The molecule has 3 N–H and O–H groups in total. The summed E-state index contributed by atoms with van der Waals surface area (Å²) in [7, 11) is 1.57. The first kappa shape index (κ1) is 10.9. The van der Waals surface area contributed by atoms with Gasteiger partial charge in [-0.05, 0) is 12.1 Å². The Hall–Kier alpha value is -2.57. The van der Waals surface area contributed by atoms with Gasteiger partial charge < -0.3 is 15.7 Å². The lowest BCUT2D eigenvalue weighted by molar-refractivity contribution is 0.318. The molecule has 0 aliphatic heterocycles. The Kier molecular flexibility index (Phi) is 2.91. The number of imidazole rings is 1. The maximum Gasteiger partial charge on any atom is 0.206 e. The minimum Gasteiger partial charge on any atom is -0.495 e. The fraction of sp³-hybridized carbons (Fsp3) is 0.100. The minimum absolute atomic E-state index is 0.0763. The van der Waals surface area contributed by atoms with E-state index in [-0.39, 0.29) is 5.84 Å². The van der Waals surface area contributed by atoms with Gasteiger partial charge in [0.05, 0.1) is 13.3 Å². The third kappa shape index (κ3) is 2.03. The van der Waals surface area contributed by atoms with Crippen molar-refractivity contribution in [3.8, 4) is 11.6 Å². The molecule has 0 saturated carbocycles. The normalized spacial score (nSPS) is 11.5. The molecule has 0 atom stereocenters. The molecule has 2 rings (SSSR count). The molecule has 0 radical (unpaired) electrons. The summed E-state index contributed by atoms with van der Waals surface area (Å²) in [4.78, 5) is 8.16. The lowest BCUT2D eigenvalue weighted by Crippen LogP contribution is -2.19. The number of methoxy groups -OCH3 is 1. The minimum atomic E-state index is -0.0763. The third-order valence-corrected chi connectivity index (χ3v) is 2.18. The molecule has 88 valence electrons. The quantitative estimate of drug-likeness (QED) is 0.345. The maximum absolute atomic E-state index is 8.63. The second kappa shape index (κ2) is 4.52. The molecular weight excluding hydrogens is 222 g/mol. The summed E-state index contributed by atoms with van der Waals surface area (Å²) in [5, 5.41) is 11.5. The van der Waals surface area contributed by atoms with Crippen molar-refractivity contribution >= 4 is 5.84 Å². The first-order valence-electron chi connectivity index (χ1n) is 4.78. The number of amidine groups is 1. The summed E-state index contributed by atoms with van der Waals surface area (Å²) < 4.78 is 6.62. The lowest BCUT2D eigenvalue weighted by atomic mass is 10.4. The molecular formula is C10H11N5O2. The number of hydrogen-bond donors (Lipinski definition) is 2. The molecule has 0 aliphatic carbocycles. The van der Waals surface area contributed by atoms with Gasteiger partial charge in [0, 0.05) is 12.4 Å². The number of aromatic nitrogens is 3. The van der Waals surface area contributed by atoms with E-state index in [1.807, 2.05) is 0 Å². The molecule has 2 aromatic rings.